The van der Waals surface area contributed by atoms with Crippen molar-refractivity contribution in [3.05, 3.63) is 11.6 Å². The third-order valence-corrected chi connectivity index (χ3v) is 3.74. The molecular weight excluding hydrogens is 136 g/mol. The summed E-state index contributed by atoms with van der Waals surface area (Å²) >= 11 is 0. The van der Waals surface area contributed by atoms with Gasteiger partial charge in [0.1, 0.15) is 0 Å². The van der Waals surface area contributed by atoms with Gasteiger partial charge in [0.05, 0.1) is 6.10 Å². The highest BCUT2D eigenvalue weighted by molar-refractivity contribution is 5.24. The summed E-state index contributed by atoms with van der Waals surface area (Å²) < 4.78 is 0. The van der Waals surface area contributed by atoms with Gasteiger partial charge in [-0.15, -0.1) is 0 Å². The van der Waals surface area contributed by atoms with E-state index in [9.17, 15) is 5.11 Å². The fraction of sp³-hybridized carbons (Fsp3) is 0.800. The van der Waals surface area contributed by atoms with Crippen LogP contribution in [0.5, 0.6) is 0 Å². The minimum atomic E-state index is -0.171. The summed E-state index contributed by atoms with van der Waals surface area (Å²) in [6.45, 7) is 6.68. The molecule has 2 bridgehead atoms. The van der Waals surface area contributed by atoms with E-state index in [1.54, 1.807) is 0 Å². The van der Waals surface area contributed by atoms with Crippen molar-refractivity contribution in [1.82, 2.24) is 0 Å². The molecular formula is C10H16O. The summed E-state index contributed by atoms with van der Waals surface area (Å²) in [5.74, 6) is 1.27. The average molecular weight is 152 g/mol. The van der Waals surface area contributed by atoms with E-state index in [2.05, 4.69) is 20.8 Å². The Morgan fingerprint density at radius 2 is 2.18 bits per heavy atom. The van der Waals surface area contributed by atoms with Gasteiger partial charge in [-0.25, -0.2) is 0 Å². The van der Waals surface area contributed by atoms with Gasteiger partial charge in [-0.1, -0.05) is 25.5 Å². The van der Waals surface area contributed by atoms with Crippen LogP contribution in [0.2, 0.25) is 0 Å². The van der Waals surface area contributed by atoms with Gasteiger partial charge in [0.15, 0.2) is 0 Å². The van der Waals surface area contributed by atoms with Gasteiger partial charge < -0.3 is 5.11 Å². The highest BCUT2D eigenvalue weighted by Crippen LogP contribution is 2.58. The molecule has 11 heavy (non-hydrogen) atoms. The molecule has 0 heterocycles. The second-order valence-corrected chi connectivity index (χ2v) is 4.62. The van der Waals surface area contributed by atoms with Crippen molar-refractivity contribution in [3.63, 3.8) is 0 Å². The normalized spacial score (nSPS) is 46.2. The van der Waals surface area contributed by atoms with Gasteiger partial charge in [0, 0.05) is 0 Å². The zero-order valence-corrected chi connectivity index (χ0v) is 7.46. The van der Waals surface area contributed by atoms with Crippen molar-refractivity contribution in [1.29, 1.82) is 0 Å². The Labute approximate surface area is 68.1 Å². The van der Waals surface area contributed by atoms with Gasteiger partial charge >= 0.3 is 0 Å². The van der Waals surface area contributed by atoms with Crippen LogP contribution in [-0.4, -0.2) is 11.2 Å². The predicted octanol–water partition coefficient (Wildman–Crippen LogP) is 1.97. The highest BCUT2D eigenvalue weighted by atomic mass is 16.3. The molecule has 3 aliphatic carbocycles. The van der Waals surface area contributed by atoms with Crippen LogP contribution < -0.4 is 0 Å². The minimum absolute atomic E-state index is 0.171. The minimum Gasteiger partial charge on any atom is -0.389 e. The summed E-state index contributed by atoms with van der Waals surface area (Å²) in [7, 11) is 0. The van der Waals surface area contributed by atoms with Crippen molar-refractivity contribution in [2.24, 2.45) is 17.3 Å². The lowest BCUT2D eigenvalue weighted by Crippen LogP contribution is -2.53. The number of rotatable bonds is 0. The van der Waals surface area contributed by atoms with Crippen LogP contribution in [0.1, 0.15) is 27.2 Å². The van der Waals surface area contributed by atoms with E-state index in [-0.39, 0.29) is 6.10 Å². The quantitative estimate of drug-likeness (QED) is 0.526. The number of hydrogen-bond acceptors (Lipinski definition) is 1. The third-order valence-electron chi connectivity index (χ3n) is 3.74. The molecule has 1 nitrogen and oxygen atoms in total. The molecule has 1 unspecified atom stereocenters. The van der Waals surface area contributed by atoms with Crippen LogP contribution in [0.4, 0.5) is 0 Å². The molecule has 0 aliphatic heterocycles. The lowest BCUT2D eigenvalue weighted by molar-refractivity contribution is -0.0760. The van der Waals surface area contributed by atoms with Gasteiger partial charge in [-0.2, -0.15) is 0 Å². The fourth-order valence-electron chi connectivity index (χ4n) is 2.81. The summed E-state index contributed by atoms with van der Waals surface area (Å²) in [6.07, 6.45) is 3.07. The van der Waals surface area contributed by atoms with Gasteiger partial charge in [0.2, 0.25) is 0 Å². The topological polar surface area (TPSA) is 20.2 Å². The predicted molar refractivity (Wildman–Crippen MR) is 45.1 cm³/mol. The summed E-state index contributed by atoms with van der Waals surface area (Å²) in [5.41, 5.74) is 1.75. The molecule has 0 aromatic heterocycles. The van der Waals surface area contributed by atoms with Crippen molar-refractivity contribution >= 4 is 0 Å². The van der Waals surface area contributed by atoms with Crippen LogP contribution >= 0.6 is 0 Å². The second-order valence-electron chi connectivity index (χ2n) is 4.62. The lowest BCUT2D eigenvalue weighted by atomic mass is 9.48. The van der Waals surface area contributed by atoms with Crippen LogP contribution in [0.15, 0.2) is 11.6 Å². The zero-order valence-electron chi connectivity index (χ0n) is 7.46. The first-order valence-corrected chi connectivity index (χ1v) is 4.40. The van der Waals surface area contributed by atoms with Gasteiger partial charge in [0.25, 0.3) is 0 Å². The Hall–Kier alpha value is -0.300. The van der Waals surface area contributed by atoms with Gasteiger partial charge in [-0.05, 0) is 30.6 Å². The maximum Gasteiger partial charge on any atom is 0.0757 e. The van der Waals surface area contributed by atoms with E-state index in [0.29, 0.717) is 11.3 Å². The van der Waals surface area contributed by atoms with Crippen molar-refractivity contribution in [2.45, 2.75) is 33.3 Å². The van der Waals surface area contributed by atoms with E-state index >= 15 is 0 Å². The summed E-state index contributed by atoms with van der Waals surface area (Å²) in [5, 5.41) is 9.65. The highest BCUT2D eigenvalue weighted by Gasteiger charge is 2.53. The molecule has 0 spiro atoms. The largest absolute Gasteiger partial charge is 0.389 e. The number of aliphatic hydroxyl groups is 1. The molecule has 3 aliphatic rings. The van der Waals surface area contributed by atoms with E-state index in [1.165, 1.54) is 12.0 Å². The number of allylic oxidation sites excluding steroid dienone is 1. The first-order valence-electron chi connectivity index (χ1n) is 4.40. The lowest BCUT2D eigenvalue weighted by Gasteiger charge is -2.57. The second kappa shape index (κ2) is 1.89. The molecule has 0 amide bonds. The molecule has 0 radical (unpaired) electrons. The van der Waals surface area contributed by atoms with Crippen molar-refractivity contribution < 1.29 is 5.11 Å². The van der Waals surface area contributed by atoms with Crippen LogP contribution in [-0.2, 0) is 0 Å². The molecule has 3 atom stereocenters. The molecule has 0 aromatic rings. The Bertz CT molecular complexity index is 215. The van der Waals surface area contributed by atoms with Crippen molar-refractivity contribution in [2.75, 3.05) is 0 Å². The molecule has 0 aromatic carbocycles. The Kier molecular flexibility index (Phi) is 1.26. The molecule has 1 heteroatoms. The fourth-order valence-corrected chi connectivity index (χ4v) is 2.81. The van der Waals surface area contributed by atoms with E-state index in [0.717, 1.165) is 5.92 Å². The Balaban J connectivity index is 2.34. The van der Waals surface area contributed by atoms with E-state index in [1.807, 2.05) is 6.08 Å². The number of aliphatic hydroxyl groups excluding tert-OH is 1. The Morgan fingerprint density at radius 3 is 2.55 bits per heavy atom. The Morgan fingerprint density at radius 1 is 1.55 bits per heavy atom. The monoisotopic (exact) mass is 152 g/mol. The number of fused-ring (bicyclic) bond motifs is 1. The first-order chi connectivity index (χ1) is 5.03. The van der Waals surface area contributed by atoms with E-state index < -0.39 is 0 Å². The number of hydrogen-bond donors (Lipinski definition) is 1. The van der Waals surface area contributed by atoms with Crippen LogP contribution in [0.25, 0.3) is 0 Å². The maximum atomic E-state index is 9.65. The van der Waals surface area contributed by atoms with Gasteiger partial charge in [-0.3, -0.25) is 0 Å². The third kappa shape index (κ3) is 0.750. The molecule has 1 N–H and O–H groups in total. The van der Waals surface area contributed by atoms with Crippen molar-refractivity contribution in [3.8, 4) is 0 Å². The molecule has 62 valence electrons. The molecule has 1 fully saturated rings. The standard InChI is InChI=1S/C10H16O/c1-6-4-9(11)8-5-7(6)10(8,2)3/h4,7-9,11H,5H2,1-3H3/t7-,8+,9?/m0/s1. The maximum absolute atomic E-state index is 9.65. The van der Waals surface area contributed by atoms with Crippen LogP contribution in [0.3, 0.4) is 0 Å². The summed E-state index contributed by atoms with van der Waals surface area (Å²) in [4.78, 5) is 0. The zero-order chi connectivity index (χ0) is 8.22. The molecule has 1 saturated carbocycles. The molecule has 0 saturated heterocycles. The van der Waals surface area contributed by atoms with E-state index in [4.69, 9.17) is 0 Å². The first kappa shape index (κ1) is 7.35. The SMILES string of the molecule is CC1=CC(O)[C@H]2C[C@@H]1C2(C)C. The smallest absolute Gasteiger partial charge is 0.0757 e. The summed E-state index contributed by atoms with van der Waals surface area (Å²) in [6, 6.07) is 0. The van der Waals surface area contributed by atoms with Crippen LogP contribution in [0, 0.1) is 17.3 Å². The molecule has 3 rings (SSSR count). The average Bonchev–Trinajstić information content (AvgIpc) is 1.84.